The van der Waals surface area contributed by atoms with Crippen molar-refractivity contribution in [3.8, 4) is 17.8 Å². The molecule has 1 heterocycles. The molecule has 2 rings (SSSR count). The zero-order valence-corrected chi connectivity index (χ0v) is 11.9. The first-order valence-electron chi connectivity index (χ1n) is 6.32. The molecule has 0 aliphatic rings. The molecule has 1 aromatic carbocycles. The topological polar surface area (TPSA) is 81.0 Å². The predicted octanol–water partition coefficient (Wildman–Crippen LogP) is 2.03. The van der Waals surface area contributed by atoms with Crippen LogP contribution in [-0.4, -0.2) is 35.1 Å². The Morgan fingerprint density at radius 1 is 1.29 bits per heavy atom. The molecule has 0 fully saturated rings. The van der Waals surface area contributed by atoms with Gasteiger partial charge < -0.3 is 4.90 Å². The van der Waals surface area contributed by atoms with Crippen LogP contribution in [0.3, 0.4) is 0 Å². The lowest BCUT2D eigenvalue weighted by molar-refractivity contribution is 0.642. The van der Waals surface area contributed by atoms with Gasteiger partial charge in [0.2, 0.25) is 0 Å². The molecule has 6 nitrogen and oxygen atoms in total. The molecule has 0 N–H and O–H groups in total. The standard InChI is InChI=1S/C15H14N6/c1-20(2)11-18-15-13(10-17)14(8-9-16)19-21(15)12-6-4-3-5-7-12/h3-7,11H,8H2,1-2H3. The SMILES string of the molecule is CN(C)C=Nc1c(C#N)c(CC#N)nn1-c1ccccc1. The summed E-state index contributed by atoms with van der Waals surface area (Å²) in [5.41, 5.74) is 1.57. The number of nitrogens with zero attached hydrogens (tertiary/aromatic N) is 6. The summed E-state index contributed by atoms with van der Waals surface area (Å²) in [6.07, 6.45) is 1.68. The molecule has 0 bridgehead atoms. The molecule has 2 aromatic rings. The summed E-state index contributed by atoms with van der Waals surface area (Å²) in [6.45, 7) is 0. The van der Waals surface area contributed by atoms with E-state index in [0.29, 0.717) is 17.1 Å². The van der Waals surface area contributed by atoms with Crippen molar-refractivity contribution >= 4 is 12.2 Å². The van der Waals surface area contributed by atoms with Crippen LogP contribution in [0.2, 0.25) is 0 Å². The summed E-state index contributed by atoms with van der Waals surface area (Å²) in [4.78, 5) is 6.10. The molecule has 6 heteroatoms. The molecule has 0 aliphatic carbocycles. The van der Waals surface area contributed by atoms with Crippen LogP contribution in [0.1, 0.15) is 11.3 Å². The molecule has 104 valence electrons. The number of hydrogen-bond donors (Lipinski definition) is 0. The second-order valence-corrected chi connectivity index (χ2v) is 4.55. The fourth-order valence-electron chi connectivity index (χ4n) is 1.80. The molecule has 0 aliphatic heterocycles. The Bertz CT molecular complexity index is 728. The number of benzene rings is 1. The fourth-order valence-corrected chi connectivity index (χ4v) is 1.80. The van der Waals surface area contributed by atoms with E-state index in [9.17, 15) is 5.26 Å². The van der Waals surface area contributed by atoms with Crippen LogP contribution in [0, 0.1) is 22.7 Å². The van der Waals surface area contributed by atoms with Gasteiger partial charge in [-0.05, 0) is 12.1 Å². The number of rotatable bonds is 4. The lowest BCUT2D eigenvalue weighted by Crippen LogP contribution is -2.07. The molecule has 0 radical (unpaired) electrons. The van der Waals surface area contributed by atoms with Gasteiger partial charge in [0.15, 0.2) is 5.82 Å². The van der Waals surface area contributed by atoms with Gasteiger partial charge in [0, 0.05) is 14.1 Å². The third-order valence-electron chi connectivity index (χ3n) is 2.70. The van der Waals surface area contributed by atoms with Crippen LogP contribution in [0.25, 0.3) is 5.69 Å². The predicted molar refractivity (Wildman–Crippen MR) is 79.4 cm³/mol. The summed E-state index contributed by atoms with van der Waals surface area (Å²) < 4.78 is 1.59. The lowest BCUT2D eigenvalue weighted by atomic mass is 10.2. The summed E-state index contributed by atoms with van der Waals surface area (Å²) in [5.74, 6) is 0.433. The van der Waals surface area contributed by atoms with Gasteiger partial charge in [-0.15, -0.1) is 0 Å². The zero-order valence-electron chi connectivity index (χ0n) is 11.9. The van der Waals surface area contributed by atoms with Crippen LogP contribution < -0.4 is 0 Å². The highest BCUT2D eigenvalue weighted by molar-refractivity contribution is 5.65. The Morgan fingerprint density at radius 3 is 2.57 bits per heavy atom. The van der Waals surface area contributed by atoms with Gasteiger partial charge in [0.25, 0.3) is 0 Å². The van der Waals surface area contributed by atoms with E-state index >= 15 is 0 Å². The Hall–Kier alpha value is -3.12. The highest BCUT2D eigenvalue weighted by Crippen LogP contribution is 2.26. The lowest BCUT2D eigenvalue weighted by Gasteiger charge is -2.05. The Labute approximate surface area is 123 Å². The van der Waals surface area contributed by atoms with Crippen molar-refractivity contribution in [1.82, 2.24) is 14.7 Å². The first-order chi connectivity index (χ1) is 10.2. The molecular weight excluding hydrogens is 264 g/mol. The van der Waals surface area contributed by atoms with Crippen LogP contribution in [0.15, 0.2) is 35.3 Å². The monoisotopic (exact) mass is 278 g/mol. The maximum atomic E-state index is 9.35. The van der Waals surface area contributed by atoms with E-state index in [1.807, 2.05) is 50.5 Å². The van der Waals surface area contributed by atoms with Gasteiger partial charge in [-0.3, -0.25) is 0 Å². The van der Waals surface area contributed by atoms with E-state index in [1.54, 1.807) is 15.9 Å². The second kappa shape index (κ2) is 6.36. The van der Waals surface area contributed by atoms with Gasteiger partial charge in [-0.2, -0.15) is 15.6 Å². The molecule has 0 saturated carbocycles. The maximum absolute atomic E-state index is 9.35. The number of para-hydroxylation sites is 1. The van der Waals surface area contributed by atoms with E-state index in [2.05, 4.69) is 16.2 Å². The van der Waals surface area contributed by atoms with Crippen LogP contribution in [0.5, 0.6) is 0 Å². The Kier molecular flexibility index (Phi) is 4.33. The molecule has 0 atom stereocenters. The average Bonchev–Trinajstić information content (AvgIpc) is 2.84. The highest BCUT2D eigenvalue weighted by atomic mass is 15.3. The number of aromatic nitrogens is 2. The van der Waals surface area contributed by atoms with Crippen molar-refractivity contribution in [2.24, 2.45) is 4.99 Å². The zero-order chi connectivity index (χ0) is 15.2. The van der Waals surface area contributed by atoms with Crippen LogP contribution in [-0.2, 0) is 6.42 Å². The van der Waals surface area contributed by atoms with Gasteiger partial charge in [0.05, 0.1) is 30.2 Å². The van der Waals surface area contributed by atoms with E-state index in [1.165, 1.54) is 0 Å². The fraction of sp³-hybridized carbons (Fsp3) is 0.200. The van der Waals surface area contributed by atoms with Gasteiger partial charge >= 0.3 is 0 Å². The van der Waals surface area contributed by atoms with E-state index in [0.717, 1.165) is 5.69 Å². The third kappa shape index (κ3) is 3.07. The van der Waals surface area contributed by atoms with Crippen molar-refractivity contribution in [2.75, 3.05) is 14.1 Å². The average molecular weight is 278 g/mol. The summed E-state index contributed by atoms with van der Waals surface area (Å²) >= 11 is 0. The molecule has 0 unspecified atom stereocenters. The minimum absolute atomic E-state index is 0.0766. The number of nitriles is 2. The van der Waals surface area contributed by atoms with Crippen LogP contribution in [0.4, 0.5) is 5.82 Å². The normalized spacial score (nSPS) is 10.3. The largest absolute Gasteiger partial charge is 0.369 e. The smallest absolute Gasteiger partial charge is 0.175 e. The van der Waals surface area contributed by atoms with Crippen molar-refractivity contribution < 1.29 is 0 Å². The van der Waals surface area contributed by atoms with E-state index < -0.39 is 0 Å². The first kappa shape index (κ1) is 14.3. The Balaban J connectivity index is 2.64. The molecule has 1 aromatic heterocycles. The number of hydrogen-bond acceptors (Lipinski definition) is 4. The quantitative estimate of drug-likeness (QED) is 0.633. The minimum atomic E-state index is 0.0766. The van der Waals surface area contributed by atoms with Crippen molar-refractivity contribution in [2.45, 2.75) is 6.42 Å². The number of aliphatic imine (C=N–C) groups is 1. The minimum Gasteiger partial charge on any atom is -0.369 e. The van der Waals surface area contributed by atoms with Gasteiger partial charge in [-0.1, -0.05) is 18.2 Å². The van der Waals surface area contributed by atoms with E-state index in [-0.39, 0.29) is 6.42 Å². The summed E-state index contributed by atoms with van der Waals surface area (Å²) in [5, 5.41) is 22.6. The van der Waals surface area contributed by atoms with Gasteiger partial charge in [-0.25, -0.2) is 9.67 Å². The Morgan fingerprint density at radius 2 is 2.00 bits per heavy atom. The van der Waals surface area contributed by atoms with Crippen LogP contribution >= 0.6 is 0 Å². The third-order valence-corrected chi connectivity index (χ3v) is 2.70. The molecule has 0 amide bonds. The first-order valence-corrected chi connectivity index (χ1v) is 6.32. The maximum Gasteiger partial charge on any atom is 0.175 e. The summed E-state index contributed by atoms with van der Waals surface area (Å²) in [6, 6.07) is 13.5. The molecule has 0 saturated heterocycles. The molecule has 0 spiro atoms. The van der Waals surface area contributed by atoms with Crippen molar-refractivity contribution in [3.63, 3.8) is 0 Å². The highest BCUT2D eigenvalue weighted by Gasteiger charge is 2.18. The second-order valence-electron chi connectivity index (χ2n) is 4.55. The summed E-state index contributed by atoms with van der Waals surface area (Å²) in [7, 11) is 3.68. The molecular formula is C15H14N6. The van der Waals surface area contributed by atoms with Crippen molar-refractivity contribution in [3.05, 3.63) is 41.6 Å². The van der Waals surface area contributed by atoms with Crippen molar-refractivity contribution in [1.29, 1.82) is 10.5 Å². The van der Waals surface area contributed by atoms with Gasteiger partial charge in [0.1, 0.15) is 11.6 Å². The molecule has 21 heavy (non-hydrogen) atoms. The van der Waals surface area contributed by atoms with E-state index in [4.69, 9.17) is 5.26 Å².